The topological polar surface area (TPSA) is 152 Å². The highest BCUT2D eigenvalue weighted by atomic mass is 16.5. The zero-order valence-corrected chi connectivity index (χ0v) is 29.2. The minimum Gasteiger partial charge on any atom is -0.450 e. The first-order valence-electron chi connectivity index (χ1n) is 18.8. The Morgan fingerprint density at radius 2 is 1.00 bits per heavy atom. The SMILES string of the molecule is CCCCCCCCCCCCCCCCCCCCCCCCOC(=O)NC(CNCC(O)C(O)CO)C(O)CC(O)CC. The zero-order valence-electron chi connectivity index (χ0n) is 29.2. The van der Waals surface area contributed by atoms with Gasteiger partial charge in [0.05, 0.1) is 37.6 Å². The van der Waals surface area contributed by atoms with E-state index in [2.05, 4.69) is 17.6 Å². The molecule has 270 valence electrons. The van der Waals surface area contributed by atoms with Gasteiger partial charge in [0.1, 0.15) is 6.10 Å². The van der Waals surface area contributed by atoms with Gasteiger partial charge in [0, 0.05) is 19.5 Å². The van der Waals surface area contributed by atoms with Crippen LogP contribution in [0.1, 0.15) is 168 Å². The molecule has 0 aromatic carbocycles. The van der Waals surface area contributed by atoms with E-state index in [0.29, 0.717) is 13.0 Å². The number of alkyl carbamates (subject to hydrolysis) is 1. The molecule has 0 heterocycles. The van der Waals surface area contributed by atoms with Crippen molar-refractivity contribution in [3.8, 4) is 0 Å². The predicted molar refractivity (Wildman–Crippen MR) is 184 cm³/mol. The van der Waals surface area contributed by atoms with Crippen LogP contribution in [0, 0.1) is 0 Å². The minimum absolute atomic E-state index is 0.0303. The van der Waals surface area contributed by atoms with Crippen LogP contribution in [0.3, 0.4) is 0 Å². The van der Waals surface area contributed by atoms with Crippen LogP contribution in [0.4, 0.5) is 4.79 Å². The van der Waals surface area contributed by atoms with Crippen LogP contribution in [0.2, 0.25) is 0 Å². The van der Waals surface area contributed by atoms with Crippen molar-refractivity contribution in [3.05, 3.63) is 0 Å². The number of nitrogens with one attached hydrogen (secondary N) is 2. The lowest BCUT2D eigenvalue weighted by molar-refractivity contribution is -0.0138. The molecule has 0 aromatic rings. The number of hydrogen-bond donors (Lipinski definition) is 7. The van der Waals surface area contributed by atoms with Gasteiger partial charge in [-0.1, -0.05) is 149 Å². The number of aliphatic hydroxyl groups is 5. The van der Waals surface area contributed by atoms with Crippen molar-refractivity contribution in [1.82, 2.24) is 10.6 Å². The molecule has 0 spiro atoms. The average molecular weight is 647 g/mol. The number of aliphatic hydroxyl groups excluding tert-OH is 5. The van der Waals surface area contributed by atoms with Crippen LogP contribution in [0.5, 0.6) is 0 Å². The number of carbonyl (C=O) groups excluding carboxylic acids is 1. The first-order valence-corrected chi connectivity index (χ1v) is 18.8. The molecule has 0 bridgehead atoms. The monoisotopic (exact) mass is 647 g/mol. The lowest BCUT2D eigenvalue weighted by Crippen LogP contribution is -2.52. The molecule has 0 saturated heterocycles. The van der Waals surface area contributed by atoms with Crippen LogP contribution in [0.15, 0.2) is 0 Å². The number of hydrogen-bond acceptors (Lipinski definition) is 8. The summed E-state index contributed by atoms with van der Waals surface area (Å²) in [5, 5.41) is 54.2. The molecular weight excluding hydrogens is 572 g/mol. The highest BCUT2D eigenvalue weighted by molar-refractivity contribution is 5.67. The van der Waals surface area contributed by atoms with Gasteiger partial charge in [-0.15, -0.1) is 0 Å². The van der Waals surface area contributed by atoms with E-state index in [-0.39, 0.29) is 19.5 Å². The Morgan fingerprint density at radius 1 is 0.578 bits per heavy atom. The van der Waals surface area contributed by atoms with E-state index in [1.807, 2.05) is 0 Å². The molecule has 0 saturated carbocycles. The number of carbonyl (C=O) groups is 1. The van der Waals surface area contributed by atoms with Crippen LogP contribution < -0.4 is 10.6 Å². The van der Waals surface area contributed by atoms with Crippen molar-refractivity contribution in [2.24, 2.45) is 0 Å². The molecule has 5 atom stereocenters. The maximum atomic E-state index is 12.3. The highest BCUT2D eigenvalue weighted by Crippen LogP contribution is 2.15. The fourth-order valence-electron chi connectivity index (χ4n) is 5.61. The molecule has 0 aliphatic heterocycles. The van der Waals surface area contributed by atoms with E-state index in [9.17, 15) is 25.2 Å². The number of rotatable bonds is 34. The summed E-state index contributed by atoms with van der Waals surface area (Å²) in [5.74, 6) is 0. The molecular formula is C36H74N2O7. The Morgan fingerprint density at radius 3 is 1.40 bits per heavy atom. The standard InChI is InChI=1S/C36H74N2O7/c1-3-5-6-7-8-9-10-11-12-13-14-15-16-17-18-19-20-21-22-23-24-25-26-45-36(44)38-32(33(41)27-31(40)4-2)28-37-29-34(42)35(43)30-39/h31-35,37,39-43H,3-30H2,1-2H3,(H,38,44). The summed E-state index contributed by atoms with van der Waals surface area (Å²) in [5.41, 5.74) is 0. The second-order valence-electron chi connectivity index (χ2n) is 13.2. The predicted octanol–water partition coefficient (Wildman–Crippen LogP) is 6.51. The second-order valence-corrected chi connectivity index (χ2v) is 13.2. The molecule has 9 nitrogen and oxygen atoms in total. The van der Waals surface area contributed by atoms with Gasteiger partial charge in [0.25, 0.3) is 0 Å². The van der Waals surface area contributed by atoms with Crippen molar-refractivity contribution in [3.63, 3.8) is 0 Å². The van der Waals surface area contributed by atoms with Crippen molar-refractivity contribution in [1.29, 1.82) is 0 Å². The Hall–Kier alpha value is -0.970. The third kappa shape index (κ3) is 28.9. The fourth-order valence-corrected chi connectivity index (χ4v) is 5.61. The van der Waals surface area contributed by atoms with Gasteiger partial charge in [-0.2, -0.15) is 0 Å². The molecule has 0 aliphatic rings. The van der Waals surface area contributed by atoms with Crippen LogP contribution in [-0.2, 0) is 4.74 Å². The molecule has 9 heteroatoms. The fraction of sp³-hybridized carbons (Fsp3) is 0.972. The van der Waals surface area contributed by atoms with E-state index < -0.39 is 43.2 Å². The van der Waals surface area contributed by atoms with Crippen molar-refractivity contribution >= 4 is 6.09 Å². The summed E-state index contributed by atoms with van der Waals surface area (Å²) < 4.78 is 5.31. The Balaban J connectivity index is 3.72. The summed E-state index contributed by atoms with van der Waals surface area (Å²) in [7, 11) is 0. The summed E-state index contributed by atoms with van der Waals surface area (Å²) in [6, 6.07) is -0.748. The van der Waals surface area contributed by atoms with Crippen LogP contribution >= 0.6 is 0 Å². The molecule has 0 rings (SSSR count). The molecule has 45 heavy (non-hydrogen) atoms. The van der Waals surface area contributed by atoms with E-state index in [4.69, 9.17) is 9.84 Å². The average Bonchev–Trinajstić information content (AvgIpc) is 3.03. The summed E-state index contributed by atoms with van der Waals surface area (Å²) in [6.07, 6.45) is 24.9. The van der Waals surface area contributed by atoms with Gasteiger partial charge in [0.2, 0.25) is 0 Å². The van der Waals surface area contributed by atoms with Crippen molar-refractivity contribution in [2.45, 2.75) is 198 Å². The summed E-state index contributed by atoms with van der Waals surface area (Å²) >= 11 is 0. The summed E-state index contributed by atoms with van der Waals surface area (Å²) in [4.78, 5) is 12.3. The maximum absolute atomic E-state index is 12.3. The third-order valence-corrected chi connectivity index (χ3v) is 8.83. The molecule has 1 amide bonds. The van der Waals surface area contributed by atoms with Crippen molar-refractivity contribution < 1.29 is 35.1 Å². The van der Waals surface area contributed by atoms with Gasteiger partial charge < -0.3 is 40.9 Å². The van der Waals surface area contributed by atoms with Gasteiger partial charge in [-0.25, -0.2) is 4.79 Å². The largest absolute Gasteiger partial charge is 0.450 e. The number of unbranched alkanes of at least 4 members (excludes halogenated alkanes) is 21. The zero-order chi connectivity index (χ0) is 33.4. The molecule has 0 fully saturated rings. The smallest absolute Gasteiger partial charge is 0.407 e. The first-order chi connectivity index (χ1) is 21.8. The second kappa shape index (κ2) is 33.0. The Labute approximate surface area is 276 Å². The number of amides is 1. The normalized spacial score (nSPS) is 15.0. The molecule has 5 unspecified atom stereocenters. The van der Waals surface area contributed by atoms with E-state index in [0.717, 1.165) is 19.3 Å². The third-order valence-electron chi connectivity index (χ3n) is 8.83. The Bertz CT molecular complexity index is 628. The van der Waals surface area contributed by atoms with Gasteiger partial charge in [-0.05, 0) is 12.8 Å². The van der Waals surface area contributed by atoms with Gasteiger partial charge >= 0.3 is 6.09 Å². The van der Waals surface area contributed by atoms with E-state index in [1.54, 1.807) is 6.92 Å². The summed E-state index contributed by atoms with van der Waals surface area (Å²) in [6.45, 7) is 3.89. The molecule has 0 aliphatic carbocycles. The number of ether oxygens (including phenoxy) is 1. The quantitative estimate of drug-likeness (QED) is 0.0391. The van der Waals surface area contributed by atoms with Crippen LogP contribution in [0.25, 0.3) is 0 Å². The van der Waals surface area contributed by atoms with Gasteiger partial charge in [-0.3, -0.25) is 0 Å². The molecule has 7 N–H and O–H groups in total. The van der Waals surface area contributed by atoms with E-state index in [1.165, 1.54) is 122 Å². The van der Waals surface area contributed by atoms with Crippen LogP contribution in [-0.4, -0.2) is 88.4 Å². The van der Waals surface area contributed by atoms with Crippen molar-refractivity contribution in [2.75, 3.05) is 26.3 Å². The maximum Gasteiger partial charge on any atom is 0.407 e. The molecule has 0 radical (unpaired) electrons. The molecule has 0 aromatic heterocycles. The first kappa shape index (κ1) is 44.0. The lowest BCUT2D eigenvalue weighted by Gasteiger charge is -2.26. The minimum atomic E-state index is -1.28. The lowest BCUT2D eigenvalue weighted by atomic mass is 10.0. The van der Waals surface area contributed by atoms with E-state index >= 15 is 0 Å². The highest BCUT2D eigenvalue weighted by Gasteiger charge is 2.25. The van der Waals surface area contributed by atoms with Gasteiger partial charge in [0.15, 0.2) is 0 Å². The Kier molecular flexibility index (Phi) is 32.2.